The fraction of sp³-hybridized carbons (Fsp3) is 0.214. The maximum atomic E-state index is 5.82. The third-order valence-corrected chi connectivity index (χ3v) is 2.83. The highest BCUT2D eigenvalue weighted by Crippen LogP contribution is 2.15. The van der Waals surface area contributed by atoms with Crippen LogP contribution in [0.3, 0.4) is 0 Å². The largest absolute Gasteiger partial charge is 0.355 e. The number of hydrogen-bond donors (Lipinski definition) is 0. The van der Waals surface area contributed by atoms with E-state index in [4.69, 9.17) is 11.6 Å². The molecule has 3 heteroatoms. The van der Waals surface area contributed by atoms with Gasteiger partial charge in [0.2, 0.25) is 0 Å². The quantitative estimate of drug-likeness (QED) is 0.821. The monoisotopic (exact) mass is 246 g/mol. The van der Waals surface area contributed by atoms with Crippen LogP contribution in [0, 0.1) is 6.92 Å². The van der Waals surface area contributed by atoms with E-state index in [1.54, 1.807) is 6.20 Å². The Kier molecular flexibility index (Phi) is 3.64. The lowest BCUT2D eigenvalue weighted by Crippen LogP contribution is -2.17. The molecule has 0 N–H and O–H groups in total. The molecule has 0 unspecified atom stereocenters. The summed E-state index contributed by atoms with van der Waals surface area (Å²) in [7, 11) is 2.03. The summed E-state index contributed by atoms with van der Waals surface area (Å²) < 4.78 is 0. The van der Waals surface area contributed by atoms with Crippen molar-refractivity contribution in [3.05, 3.63) is 58.7 Å². The van der Waals surface area contributed by atoms with Crippen molar-refractivity contribution in [1.29, 1.82) is 0 Å². The van der Waals surface area contributed by atoms with E-state index in [2.05, 4.69) is 41.1 Å². The molecule has 0 aliphatic carbocycles. The lowest BCUT2D eigenvalue weighted by atomic mass is 10.1. The molecule has 17 heavy (non-hydrogen) atoms. The van der Waals surface area contributed by atoms with Crippen LogP contribution in [-0.2, 0) is 6.54 Å². The molecule has 0 aliphatic rings. The predicted molar refractivity (Wildman–Crippen MR) is 72.5 cm³/mol. The molecular formula is C14H15ClN2. The van der Waals surface area contributed by atoms with E-state index in [0.29, 0.717) is 5.02 Å². The molecule has 2 nitrogen and oxygen atoms in total. The van der Waals surface area contributed by atoms with Gasteiger partial charge in [0, 0.05) is 19.8 Å². The van der Waals surface area contributed by atoms with Crippen molar-refractivity contribution in [3.8, 4) is 0 Å². The molecule has 0 radical (unpaired) electrons. The van der Waals surface area contributed by atoms with Crippen molar-refractivity contribution in [2.45, 2.75) is 13.5 Å². The topological polar surface area (TPSA) is 16.1 Å². The Morgan fingerprint density at radius 3 is 2.71 bits per heavy atom. The van der Waals surface area contributed by atoms with Gasteiger partial charge in [-0.25, -0.2) is 4.98 Å². The van der Waals surface area contributed by atoms with E-state index in [9.17, 15) is 0 Å². The Hall–Kier alpha value is -1.54. The number of rotatable bonds is 3. The summed E-state index contributed by atoms with van der Waals surface area (Å²) in [6.45, 7) is 2.94. The van der Waals surface area contributed by atoms with Crippen molar-refractivity contribution in [2.24, 2.45) is 0 Å². The fourth-order valence-electron chi connectivity index (χ4n) is 1.76. The van der Waals surface area contributed by atoms with Gasteiger partial charge in [-0.1, -0.05) is 41.4 Å². The van der Waals surface area contributed by atoms with Crippen molar-refractivity contribution in [3.63, 3.8) is 0 Å². The first kappa shape index (κ1) is 11.9. The highest BCUT2D eigenvalue weighted by molar-refractivity contribution is 6.30. The van der Waals surface area contributed by atoms with E-state index in [1.807, 2.05) is 19.2 Å². The number of benzene rings is 1. The Labute approximate surface area is 107 Å². The first-order valence-electron chi connectivity index (χ1n) is 5.53. The Morgan fingerprint density at radius 1 is 1.24 bits per heavy atom. The maximum Gasteiger partial charge on any atom is 0.128 e. The first-order valence-corrected chi connectivity index (χ1v) is 5.91. The van der Waals surface area contributed by atoms with Crippen molar-refractivity contribution in [2.75, 3.05) is 11.9 Å². The molecule has 0 saturated carbocycles. The minimum Gasteiger partial charge on any atom is -0.355 e. The van der Waals surface area contributed by atoms with E-state index >= 15 is 0 Å². The van der Waals surface area contributed by atoms with Gasteiger partial charge in [-0.3, -0.25) is 0 Å². The SMILES string of the molecule is Cc1cccc(CN(C)c2ccc(Cl)cn2)c1. The number of anilines is 1. The van der Waals surface area contributed by atoms with Crippen molar-refractivity contribution < 1.29 is 0 Å². The van der Waals surface area contributed by atoms with Gasteiger partial charge in [-0.05, 0) is 24.6 Å². The second-order valence-corrected chi connectivity index (χ2v) is 4.62. The molecule has 1 aromatic carbocycles. The van der Waals surface area contributed by atoms with Crippen LogP contribution in [0.25, 0.3) is 0 Å². The fourth-order valence-corrected chi connectivity index (χ4v) is 1.87. The third kappa shape index (κ3) is 3.21. The van der Waals surface area contributed by atoms with E-state index in [1.165, 1.54) is 11.1 Å². The standard InChI is InChI=1S/C14H15ClN2/c1-11-4-3-5-12(8-11)10-17(2)14-7-6-13(15)9-16-14/h3-9H,10H2,1-2H3. The zero-order valence-electron chi connectivity index (χ0n) is 10.0. The van der Waals surface area contributed by atoms with Crippen LogP contribution in [0.4, 0.5) is 5.82 Å². The molecule has 0 saturated heterocycles. The highest BCUT2D eigenvalue weighted by atomic mass is 35.5. The second-order valence-electron chi connectivity index (χ2n) is 4.18. The van der Waals surface area contributed by atoms with Crippen LogP contribution in [0.1, 0.15) is 11.1 Å². The van der Waals surface area contributed by atoms with Crippen molar-refractivity contribution >= 4 is 17.4 Å². The summed E-state index contributed by atoms with van der Waals surface area (Å²) in [4.78, 5) is 6.39. The van der Waals surface area contributed by atoms with Gasteiger partial charge in [0.05, 0.1) is 5.02 Å². The van der Waals surface area contributed by atoms with Gasteiger partial charge in [0.1, 0.15) is 5.82 Å². The molecule has 88 valence electrons. The second kappa shape index (κ2) is 5.19. The van der Waals surface area contributed by atoms with Crippen LogP contribution >= 0.6 is 11.6 Å². The minimum atomic E-state index is 0.665. The number of hydrogen-bond acceptors (Lipinski definition) is 2. The molecule has 0 bridgehead atoms. The van der Waals surface area contributed by atoms with E-state index in [-0.39, 0.29) is 0 Å². The summed E-state index contributed by atoms with van der Waals surface area (Å²) in [5.41, 5.74) is 2.56. The summed E-state index contributed by atoms with van der Waals surface area (Å²) in [5.74, 6) is 0.927. The van der Waals surface area contributed by atoms with Gasteiger partial charge in [-0.15, -0.1) is 0 Å². The maximum absolute atomic E-state index is 5.82. The Bertz CT molecular complexity index is 494. The normalized spacial score (nSPS) is 10.3. The van der Waals surface area contributed by atoms with Crippen LogP contribution in [-0.4, -0.2) is 12.0 Å². The molecule has 0 amide bonds. The predicted octanol–water partition coefficient (Wildman–Crippen LogP) is 3.68. The minimum absolute atomic E-state index is 0.665. The summed E-state index contributed by atoms with van der Waals surface area (Å²) in [6, 6.07) is 12.3. The van der Waals surface area contributed by atoms with E-state index in [0.717, 1.165) is 12.4 Å². The lowest BCUT2D eigenvalue weighted by Gasteiger charge is -2.18. The van der Waals surface area contributed by atoms with Crippen LogP contribution in [0.2, 0.25) is 5.02 Å². The third-order valence-electron chi connectivity index (χ3n) is 2.61. The average molecular weight is 247 g/mol. The van der Waals surface area contributed by atoms with Gasteiger partial charge >= 0.3 is 0 Å². The summed E-state index contributed by atoms with van der Waals surface area (Å²) in [5, 5.41) is 0.665. The highest BCUT2D eigenvalue weighted by Gasteiger charge is 2.03. The molecule has 0 fully saturated rings. The number of aryl methyl sites for hydroxylation is 1. The van der Waals surface area contributed by atoms with Gasteiger partial charge in [0.15, 0.2) is 0 Å². The number of nitrogens with zero attached hydrogens (tertiary/aromatic N) is 2. The van der Waals surface area contributed by atoms with Crippen molar-refractivity contribution in [1.82, 2.24) is 4.98 Å². The Morgan fingerprint density at radius 2 is 2.06 bits per heavy atom. The molecule has 1 heterocycles. The molecule has 0 aliphatic heterocycles. The molecule has 0 atom stereocenters. The zero-order valence-corrected chi connectivity index (χ0v) is 10.8. The first-order chi connectivity index (χ1) is 8.15. The van der Waals surface area contributed by atoms with E-state index < -0.39 is 0 Å². The van der Waals surface area contributed by atoms with Crippen LogP contribution in [0.5, 0.6) is 0 Å². The van der Waals surface area contributed by atoms with Gasteiger partial charge in [-0.2, -0.15) is 0 Å². The molecular weight excluding hydrogens is 232 g/mol. The molecule has 0 spiro atoms. The zero-order chi connectivity index (χ0) is 12.3. The number of halogens is 1. The van der Waals surface area contributed by atoms with Crippen LogP contribution < -0.4 is 4.90 Å². The lowest BCUT2D eigenvalue weighted by molar-refractivity contribution is 0.897. The molecule has 1 aromatic heterocycles. The number of pyridine rings is 1. The molecule has 2 rings (SSSR count). The molecule has 2 aromatic rings. The smallest absolute Gasteiger partial charge is 0.128 e. The van der Waals surface area contributed by atoms with Crippen LogP contribution in [0.15, 0.2) is 42.6 Å². The Balaban J connectivity index is 2.11. The average Bonchev–Trinajstić information content (AvgIpc) is 2.29. The number of aromatic nitrogens is 1. The van der Waals surface area contributed by atoms with Gasteiger partial charge < -0.3 is 4.90 Å². The summed E-state index contributed by atoms with van der Waals surface area (Å²) in [6.07, 6.45) is 1.67. The summed E-state index contributed by atoms with van der Waals surface area (Å²) >= 11 is 5.82. The van der Waals surface area contributed by atoms with Gasteiger partial charge in [0.25, 0.3) is 0 Å².